The number of rotatable bonds is 7. The molecule has 0 bridgehead atoms. The van der Waals surface area contributed by atoms with Crippen molar-refractivity contribution in [3.63, 3.8) is 0 Å². The third kappa shape index (κ3) is 4.60. The number of aryl methyl sites for hydroxylation is 1. The van der Waals surface area contributed by atoms with Crippen LogP contribution >= 0.6 is 0 Å². The quantitative estimate of drug-likeness (QED) is 0.850. The summed E-state index contributed by atoms with van der Waals surface area (Å²) >= 11 is 0. The fourth-order valence-electron chi connectivity index (χ4n) is 2.05. The Balaban J connectivity index is 2.11. The molecule has 0 amide bonds. The minimum absolute atomic E-state index is 0.00441. The first-order valence-electron chi connectivity index (χ1n) is 6.79. The highest BCUT2D eigenvalue weighted by atomic mass is 19.4. The number of hydrogen-bond acceptors (Lipinski definition) is 5. The van der Waals surface area contributed by atoms with Gasteiger partial charge in [-0.25, -0.2) is 4.98 Å². The van der Waals surface area contributed by atoms with E-state index in [-0.39, 0.29) is 32.0 Å². The van der Waals surface area contributed by atoms with Gasteiger partial charge in [0.15, 0.2) is 5.76 Å². The van der Waals surface area contributed by atoms with E-state index in [1.54, 1.807) is 19.1 Å². The van der Waals surface area contributed by atoms with Gasteiger partial charge in [-0.15, -0.1) is 0 Å². The van der Waals surface area contributed by atoms with Gasteiger partial charge in [-0.2, -0.15) is 13.2 Å². The zero-order valence-corrected chi connectivity index (χ0v) is 12.1. The largest absolute Gasteiger partial charge is 0.459 e. The smallest absolute Gasteiger partial charge is 0.401 e. The maximum atomic E-state index is 12.6. The van der Waals surface area contributed by atoms with Crippen molar-refractivity contribution in [2.45, 2.75) is 26.1 Å². The molecule has 0 spiro atoms. The zero-order valence-electron chi connectivity index (χ0n) is 12.1. The molecule has 2 aromatic heterocycles. The molecular formula is C14H17F3N2O3. The van der Waals surface area contributed by atoms with Gasteiger partial charge in [0, 0.05) is 19.7 Å². The summed E-state index contributed by atoms with van der Waals surface area (Å²) in [5, 5.41) is 8.81. The fraction of sp³-hybridized carbons (Fsp3) is 0.500. The predicted molar refractivity (Wildman–Crippen MR) is 72.0 cm³/mol. The third-order valence-electron chi connectivity index (χ3n) is 3.03. The van der Waals surface area contributed by atoms with Gasteiger partial charge in [0.25, 0.3) is 5.89 Å². The summed E-state index contributed by atoms with van der Waals surface area (Å²) in [5.74, 6) is 1.11. The first kappa shape index (κ1) is 16.6. The minimum atomic E-state index is -4.31. The van der Waals surface area contributed by atoms with E-state index >= 15 is 0 Å². The second-order valence-electron chi connectivity index (χ2n) is 4.90. The van der Waals surface area contributed by atoms with Gasteiger partial charge < -0.3 is 13.9 Å². The van der Waals surface area contributed by atoms with Crippen LogP contribution in [-0.4, -0.2) is 40.9 Å². The van der Waals surface area contributed by atoms with Gasteiger partial charge in [-0.1, -0.05) is 0 Å². The third-order valence-corrected chi connectivity index (χ3v) is 3.03. The van der Waals surface area contributed by atoms with Gasteiger partial charge in [0.05, 0.1) is 18.5 Å². The van der Waals surface area contributed by atoms with Crippen molar-refractivity contribution in [3.8, 4) is 11.7 Å². The van der Waals surface area contributed by atoms with E-state index in [0.29, 0.717) is 17.2 Å². The van der Waals surface area contributed by atoms with E-state index in [1.165, 1.54) is 11.2 Å². The first-order valence-corrected chi connectivity index (χ1v) is 6.79. The Labute approximate surface area is 125 Å². The molecule has 0 aliphatic heterocycles. The second kappa shape index (κ2) is 6.97. The Hall–Kier alpha value is -1.80. The maximum Gasteiger partial charge on any atom is 0.401 e. The number of nitrogens with zero attached hydrogens (tertiary/aromatic N) is 2. The van der Waals surface area contributed by atoms with Crippen molar-refractivity contribution in [2.75, 3.05) is 19.7 Å². The molecule has 2 heterocycles. The molecular weight excluding hydrogens is 301 g/mol. The highest BCUT2D eigenvalue weighted by molar-refractivity contribution is 5.44. The van der Waals surface area contributed by atoms with Crippen molar-refractivity contribution >= 4 is 0 Å². The molecule has 22 heavy (non-hydrogen) atoms. The Bertz CT molecular complexity index is 579. The highest BCUT2D eigenvalue weighted by Crippen LogP contribution is 2.24. The molecule has 0 aromatic carbocycles. The van der Waals surface area contributed by atoms with E-state index in [4.69, 9.17) is 13.9 Å². The van der Waals surface area contributed by atoms with Crippen LogP contribution in [0.5, 0.6) is 0 Å². The van der Waals surface area contributed by atoms with Crippen LogP contribution in [0, 0.1) is 6.92 Å². The monoisotopic (exact) mass is 318 g/mol. The Morgan fingerprint density at radius 3 is 2.73 bits per heavy atom. The number of alkyl halides is 3. The van der Waals surface area contributed by atoms with Crippen LogP contribution in [0.2, 0.25) is 0 Å². The SMILES string of the molecule is Cc1oc(-c2ccco2)nc1CN(CCCO)CC(F)(F)F. The van der Waals surface area contributed by atoms with E-state index < -0.39 is 12.7 Å². The molecule has 122 valence electrons. The number of aromatic nitrogens is 1. The zero-order chi connectivity index (χ0) is 16.2. The predicted octanol–water partition coefficient (Wildman–Crippen LogP) is 2.99. The number of aliphatic hydroxyl groups excluding tert-OH is 1. The number of furan rings is 1. The standard InChI is InChI=1S/C14H17F3N2O3/c1-10-11(18-13(22-10)12-4-2-7-21-12)8-19(5-3-6-20)9-14(15,16)17/h2,4,7,20H,3,5-6,8-9H2,1H3. The summed E-state index contributed by atoms with van der Waals surface area (Å²) in [6.45, 7) is 0.541. The molecule has 2 rings (SSSR count). The summed E-state index contributed by atoms with van der Waals surface area (Å²) in [6, 6.07) is 3.33. The first-order chi connectivity index (χ1) is 10.4. The van der Waals surface area contributed by atoms with Crippen LogP contribution in [0.1, 0.15) is 17.9 Å². The molecule has 0 radical (unpaired) electrons. The number of oxazole rings is 1. The van der Waals surface area contributed by atoms with E-state index in [2.05, 4.69) is 4.98 Å². The summed E-state index contributed by atoms with van der Waals surface area (Å²) in [4.78, 5) is 5.39. The molecule has 2 aromatic rings. The van der Waals surface area contributed by atoms with Crippen molar-refractivity contribution in [1.82, 2.24) is 9.88 Å². The van der Waals surface area contributed by atoms with E-state index in [1.807, 2.05) is 0 Å². The lowest BCUT2D eigenvalue weighted by atomic mass is 10.3. The van der Waals surface area contributed by atoms with E-state index in [9.17, 15) is 13.2 Å². The van der Waals surface area contributed by atoms with Crippen LogP contribution < -0.4 is 0 Å². The molecule has 0 atom stereocenters. The topological polar surface area (TPSA) is 62.6 Å². The molecule has 0 unspecified atom stereocenters. The Morgan fingerprint density at radius 2 is 2.14 bits per heavy atom. The van der Waals surface area contributed by atoms with Gasteiger partial charge in [-0.3, -0.25) is 4.90 Å². The lowest BCUT2D eigenvalue weighted by Gasteiger charge is -2.22. The summed E-state index contributed by atoms with van der Waals surface area (Å²) in [6.07, 6.45) is -2.58. The van der Waals surface area contributed by atoms with Gasteiger partial charge in [0.1, 0.15) is 5.76 Å². The summed E-state index contributed by atoms with van der Waals surface area (Å²) in [5.41, 5.74) is 0.425. The normalized spacial score (nSPS) is 12.3. The van der Waals surface area contributed by atoms with Crippen LogP contribution in [0.3, 0.4) is 0 Å². The van der Waals surface area contributed by atoms with Crippen molar-refractivity contribution < 1.29 is 27.1 Å². The number of hydrogen-bond donors (Lipinski definition) is 1. The molecule has 8 heteroatoms. The molecule has 0 fully saturated rings. The highest BCUT2D eigenvalue weighted by Gasteiger charge is 2.31. The molecule has 0 aliphatic rings. The van der Waals surface area contributed by atoms with Gasteiger partial charge >= 0.3 is 6.18 Å². The molecule has 5 nitrogen and oxygen atoms in total. The van der Waals surface area contributed by atoms with E-state index in [0.717, 1.165) is 0 Å². The Kier molecular flexibility index (Phi) is 5.25. The second-order valence-corrected chi connectivity index (χ2v) is 4.90. The van der Waals surface area contributed by atoms with Crippen LogP contribution in [0.25, 0.3) is 11.7 Å². The van der Waals surface area contributed by atoms with Crippen molar-refractivity contribution in [2.24, 2.45) is 0 Å². The average Bonchev–Trinajstić information content (AvgIpc) is 3.05. The van der Waals surface area contributed by atoms with Crippen molar-refractivity contribution in [3.05, 3.63) is 29.9 Å². The number of halogens is 3. The van der Waals surface area contributed by atoms with Gasteiger partial charge in [0.2, 0.25) is 0 Å². The molecule has 0 aliphatic carbocycles. The average molecular weight is 318 g/mol. The summed E-state index contributed by atoms with van der Waals surface area (Å²) in [7, 11) is 0. The van der Waals surface area contributed by atoms with Crippen LogP contribution in [0.15, 0.2) is 27.2 Å². The molecule has 0 saturated carbocycles. The lowest BCUT2D eigenvalue weighted by molar-refractivity contribution is -0.147. The van der Waals surface area contributed by atoms with Crippen LogP contribution in [-0.2, 0) is 6.54 Å². The van der Waals surface area contributed by atoms with Gasteiger partial charge in [-0.05, 0) is 25.5 Å². The number of aliphatic hydroxyl groups is 1. The Morgan fingerprint density at radius 1 is 1.36 bits per heavy atom. The summed E-state index contributed by atoms with van der Waals surface area (Å²) < 4.78 is 48.4. The molecule has 0 saturated heterocycles. The maximum absolute atomic E-state index is 12.6. The fourth-order valence-corrected chi connectivity index (χ4v) is 2.05. The minimum Gasteiger partial charge on any atom is -0.459 e. The lowest BCUT2D eigenvalue weighted by Crippen LogP contribution is -2.35. The molecule has 1 N–H and O–H groups in total. The van der Waals surface area contributed by atoms with Crippen molar-refractivity contribution in [1.29, 1.82) is 0 Å². The van der Waals surface area contributed by atoms with Crippen LogP contribution in [0.4, 0.5) is 13.2 Å².